The maximum Gasteiger partial charge on any atom is 0.361 e. The lowest BCUT2D eigenvalue weighted by molar-refractivity contribution is 0.0512. The quantitative estimate of drug-likeness (QED) is 0.264. The first kappa shape index (κ1) is 20.8. The van der Waals surface area contributed by atoms with Crippen LogP contribution in [0.15, 0.2) is 38.7 Å². The minimum Gasteiger partial charge on any atom is -0.461 e. The summed E-state index contributed by atoms with van der Waals surface area (Å²) in [6, 6.07) is 5.39. The number of thioether (sulfide) groups is 1. The molecule has 1 fully saturated rings. The number of ketones is 1. The highest BCUT2D eigenvalue weighted by Gasteiger charge is 2.38. The standard InChI is InChI=1S/C20H19BrN4O4S/c1-3-28-19(27)16-15(18(29-24-16)11-4-5-11)17(26)14-7-6-13(21)8-12(14)9-25-20(30-2)22-10-23-25/h6-8,10-11H,3-5,9H2,1-2H3. The zero-order chi connectivity index (χ0) is 21.3. The largest absolute Gasteiger partial charge is 0.461 e. The summed E-state index contributed by atoms with van der Waals surface area (Å²) < 4.78 is 13.1. The molecular formula is C20H19BrN4O4S. The topological polar surface area (TPSA) is 100 Å². The molecule has 1 saturated carbocycles. The zero-order valence-electron chi connectivity index (χ0n) is 16.4. The van der Waals surface area contributed by atoms with Gasteiger partial charge in [0.15, 0.2) is 16.7 Å². The Balaban J connectivity index is 1.77. The van der Waals surface area contributed by atoms with E-state index in [1.165, 1.54) is 18.1 Å². The monoisotopic (exact) mass is 490 g/mol. The van der Waals surface area contributed by atoms with Crippen LogP contribution in [0.25, 0.3) is 0 Å². The van der Waals surface area contributed by atoms with Gasteiger partial charge < -0.3 is 9.26 Å². The number of benzene rings is 1. The summed E-state index contributed by atoms with van der Waals surface area (Å²) in [6.45, 7) is 2.25. The number of halogens is 1. The second-order valence-electron chi connectivity index (χ2n) is 6.80. The van der Waals surface area contributed by atoms with E-state index in [4.69, 9.17) is 9.26 Å². The molecule has 1 aliphatic carbocycles. The first-order valence-electron chi connectivity index (χ1n) is 9.45. The summed E-state index contributed by atoms with van der Waals surface area (Å²) in [4.78, 5) is 30.3. The van der Waals surface area contributed by atoms with Crippen LogP contribution in [0.3, 0.4) is 0 Å². The number of ether oxygens (including phenoxy) is 1. The van der Waals surface area contributed by atoms with Crippen molar-refractivity contribution < 1.29 is 18.8 Å². The molecule has 0 aliphatic heterocycles. The van der Waals surface area contributed by atoms with Gasteiger partial charge in [0.25, 0.3) is 0 Å². The van der Waals surface area contributed by atoms with Crippen LogP contribution in [-0.2, 0) is 11.3 Å². The highest BCUT2D eigenvalue weighted by Crippen LogP contribution is 2.43. The van der Waals surface area contributed by atoms with Crippen molar-refractivity contribution in [1.29, 1.82) is 0 Å². The van der Waals surface area contributed by atoms with E-state index in [0.717, 1.165) is 28.0 Å². The molecule has 0 radical (unpaired) electrons. The van der Waals surface area contributed by atoms with Crippen molar-refractivity contribution in [1.82, 2.24) is 19.9 Å². The van der Waals surface area contributed by atoms with Crippen LogP contribution in [0, 0.1) is 0 Å². The second-order valence-corrected chi connectivity index (χ2v) is 8.49. The van der Waals surface area contributed by atoms with Crippen molar-refractivity contribution in [3.05, 3.63) is 57.1 Å². The third-order valence-electron chi connectivity index (χ3n) is 4.76. The molecule has 0 saturated heterocycles. The van der Waals surface area contributed by atoms with Crippen molar-refractivity contribution in [2.45, 2.75) is 37.4 Å². The van der Waals surface area contributed by atoms with Gasteiger partial charge in [0.1, 0.15) is 11.9 Å². The van der Waals surface area contributed by atoms with Crippen LogP contribution in [0.4, 0.5) is 0 Å². The predicted octanol–water partition coefficient (Wildman–Crippen LogP) is 4.08. The van der Waals surface area contributed by atoms with Crippen LogP contribution in [-0.4, -0.2) is 44.5 Å². The minimum absolute atomic E-state index is 0.0665. The molecular weight excluding hydrogens is 472 g/mol. The molecule has 1 aromatic carbocycles. The smallest absolute Gasteiger partial charge is 0.361 e. The molecule has 0 N–H and O–H groups in total. The molecule has 2 heterocycles. The van der Waals surface area contributed by atoms with Gasteiger partial charge in [-0.25, -0.2) is 14.5 Å². The number of carbonyl (C=O) groups excluding carboxylic acids is 2. The number of rotatable bonds is 8. The molecule has 0 atom stereocenters. The van der Waals surface area contributed by atoms with E-state index >= 15 is 0 Å². The van der Waals surface area contributed by atoms with Crippen LogP contribution < -0.4 is 0 Å². The molecule has 2 aromatic heterocycles. The van der Waals surface area contributed by atoms with E-state index in [1.54, 1.807) is 23.7 Å². The molecule has 0 unspecified atom stereocenters. The maximum absolute atomic E-state index is 13.6. The van der Waals surface area contributed by atoms with Crippen LogP contribution >= 0.6 is 27.7 Å². The normalized spacial score (nSPS) is 13.4. The number of hydrogen-bond acceptors (Lipinski definition) is 8. The van der Waals surface area contributed by atoms with E-state index in [0.29, 0.717) is 17.9 Å². The Morgan fingerprint density at radius 3 is 2.87 bits per heavy atom. The van der Waals surface area contributed by atoms with Crippen molar-refractivity contribution in [2.75, 3.05) is 12.9 Å². The SMILES string of the molecule is CCOC(=O)c1noc(C2CC2)c1C(=O)c1ccc(Br)cc1Cn1ncnc1SC. The van der Waals surface area contributed by atoms with Gasteiger partial charge in [0.2, 0.25) is 5.69 Å². The second kappa shape index (κ2) is 8.73. The zero-order valence-corrected chi connectivity index (χ0v) is 18.8. The lowest BCUT2D eigenvalue weighted by Gasteiger charge is -2.11. The van der Waals surface area contributed by atoms with Crippen molar-refractivity contribution in [3.63, 3.8) is 0 Å². The minimum atomic E-state index is -0.656. The molecule has 1 aliphatic rings. The van der Waals surface area contributed by atoms with E-state index in [-0.39, 0.29) is 29.6 Å². The number of nitrogens with zero attached hydrogens (tertiary/aromatic N) is 4. The van der Waals surface area contributed by atoms with Gasteiger partial charge in [-0.15, -0.1) is 0 Å². The van der Waals surface area contributed by atoms with Gasteiger partial charge in [-0.2, -0.15) is 5.10 Å². The van der Waals surface area contributed by atoms with Gasteiger partial charge in [-0.05, 0) is 49.8 Å². The average molecular weight is 491 g/mol. The van der Waals surface area contributed by atoms with E-state index < -0.39 is 5.97 Å². The lowest BCUT2D eigenvalue weighted by atomic mass is 9.95. The number of hydrogen-bond donors (Lipinski definition) is 0. The fraction of sp³-hybridized carbons (Fsp3) is 0.350. The van der Waals surface area contributed by atoms with Crippen LogP contribution in [0.5, 0.6) is 0 Å². The predicted molar refractivity (Wildman–Crippen MR) is 113 cm³/mol. The van der Waals surface area contributed by atoms with Gasteiger partial charge in [0, 0.05) is 16.0 Å². The van der Waals surface area contributed by atoms with Gasteiger partial charge in [0.05, 0.1) is 13.2 Å². The third kappa shape index (κ3) is 4.06. The van der Waals surface area contributed by atoms with Gasteiger partial charge in [-0.1, -0.05) is 32.8 Å². The lowest BCUT2D eigenvalue weighted by Crippen LogP contribution is -2.15. The maximum atomic E-state index is 13.6. The summed E-state index contributed by atoms with van der Waals surface area (Å²) in [7, 11) is 0. The first-order chi connectivity index (χ1) is 14.5. The first-order valence-corrected chi connectivity index (χ1v) is 11.5. The third-order valence-corrected chi connectivity index (χ3v) is 5.93. The fourth-order valence-electron chi connectivity index (χ4n) is 3.22. The van der Waals surface area contributed by atoms with Crippen molar-refractivity contribution in [2.24, 2.45) is 0 Å². The molecule has 8 nitrogen and oxygen atoms in total. The molecule has 156 valence electrons. The molecule has 10 heteroatoms. The summed E-state index contributed by atoms with van der Waals surface area (Å²) >= 11 is 4.94. The van der Waals surface area contributed by atoms with Gasteiger partial charge >= 0.3 is 5.97 Å². The van der Waals surface area contributed by atoms with Crippen molar-refractivity contribution >= 4 is 39.4 Å². The van der Waals surface area contributed by atoms with Crippen LogP contribution in [0.1, 0.15) is 63.4 Å². The molecule has 0 bridgehead atoms. The number of aromatic nitrogens is 4. The Labute approximate surface area is 185 Å². The number of esters is 1. The average Bonchev–Trinajstić information content (AvgIpc) is 3.31. The highest BCUT2D eigenvalue weighted by atomic mass is 79.9. The molecule has 0 spiro atoms. The van der Waals surface area contributed by atoms with E-state index in [2.05, 4.69) is 31.2 Å². The molecule has 30 heavy (non-hydrogen) atoms. The summed E-state index contributed by atoms with van der Waals surface area (Å²) in [5.41, 5.74) is 1.33. The Morgan fingerprint density at radius 1 is 1.37 bits per heavy atom. The Kier molecular flexibility index (Phi) is 6.05. The van der Waals surface area contributed by atoms with Crippen molar-refractivity contribution in [3.8, 4) is 0 Å². The highest BCUT2D eigenvalue weighted by molar-refractivity contribution is 9.10. The summed E-state index contributed by atoms with van der Waals surface area (Å²) in [5, 5.41) is 8.88. The summed E-state index contributed by atoms with van der Waals surface area (Å²) in [5.74, 6) is -0.398. The van der Waals surface area contributed by atoms with Crippen LogP contribution in [0.2, 0.25) is 0 Å². The van der Waals surface area contributed by atoms with E-state index in [9.17, 15) is 9.59 Å². The fourth-order valence-corrected chi connectivity index (χ4v) is 4.10. The Morgan fingerprint density at radius 2 is 2.17 bits per heavy atom. The number of carbonyl (C=O) groups is 2. The Bertz CT molecular complexity index is 1110. The molecule has 3 aromatic rings. The summed E-state index contributed by atoms with van der Waals surface area (Å²) in [6.07, 6.45) is 5.20. The Hall–Kier alpha value is -2.46. The van der Waals surface area contributed by atoms with E-state index in [1.807, 2.05) is 12.3 Å². The molecule has 0 amide bonds. The molecule has 4 rings (SSSR count). The van der Waals surface area contributed by atoms with Gasteiger partial charge in [-0.3, -0.25) is 4.79 Å².